The fraction of sp³-hybridized carbons (Fsp3) is 0.474. The first-order valence-electron chi connectivity index (χ1n) is 9.67. The van der Waals surface area contributed by atoms with Crippen LogP contribution >= 0.6 is 0 Å². The molecular formula is C19H24N8O. The number of aryl methyl sites for hydroxylation is 1. The van der Waals surface area contributed by atoms with Crippen molar-refractivity contribution in [2.75, 3.05) is 30.4 Å². The lowest BCUT2D eigenvalue weighted by atomic mass is 10.0. The predicted octanol–water partition coefficient (Wildman–Crippen LogP) is 2.37. The van der Waals surface area contributed by atoms with Crippen molar-refractivity contribution in [3.63, 3.8) is 0 Å². The molecule has 2 amide bonds. The molecule has 0 radical (unpaired) electrons. The maximum absolute atomic E-state index is 12.5. The minimum atomic E-state index is -0.0596. The number of hydrogen-bond donors (Lipinski definition) is 3. The molecule has 146 valence electrons. The van der Waals surface area contributed by atoms with E-state index in [1.165, 1.54) is 0 Å². The average Bonchev–Trinajstić information content (AvgIpc) is 3.43. The van der Waals surface area contributed by atoms with Crippen LogP contribution in [0.2, 0.25) is 0 Å². The van der Waals surface area contributed by atoms with Crippen LogP contribution in [0, 0.1) is 18.8 Å². The van der Waals surface area contributed by atoms with Gasteiger partial charge in [-0.05, 0) is 37.7 Å². The Balaban J connectivity index is 1.23. The number of urea groups is 1. The topological polar surface area (TPSA) is 106 Å². The number of anilines is 2. The molecule has 0 spiro atoms. The van der Waals surface area contributed by atoms with Crippen LogP contribution in [0.5, 0.6) is 0 Å². The van der Waals surface area contributed by atoms with Gasteiger partial charge in [-0.25, -0.2) is 14.8 Å². The molecule has 1 aliphatic heterocycles. The summed E-state index contributed by atoms with van der Waals surface area (Å²) in [5.74, 6) is 2.61. The number of fused-ring (bicyclic) bond motifs is 2. The number of carbonyl (C=O) groups excluding carboxylic acids is 1. The minimum absolute atomic E-state index is 0.0596. The Kier molecular flexibility index (Phi) is 3.96. The van der Waals surface area contributed by atoms with Crippen LogP contribution in [-0.2, 0) is 0 Å². The van der Waals surface area contributed by atoms with E-state index in [0.717, 1.165) is 48.5 Å². The number of likely N-dealkylation sites (tertiary alicyclic amines) is 1. The summed E-state index contributed by atoms with van der Waals surface area (Å²) < 4.78 is 0. The molecule has 1 saturated carbocycles. The molecule has 1 aliphatic carbocycles. The molecule has 3 N–H and O–H groups in total. The number of rotatable bonds is 3. The van der Waals surface area contributed by atoms with Gasteiger partial charge in [-0.15, -0.1) is 0 Å². The van der Waals surface area contributed by atoms with E-state index in [1.807, 2.05) is 30.2 Å². The Morgan fingerprint density at radius 1 is 1.29 bits per heavy atom. The Morgan fingerprint density at radius 3 is 2.79 bits per heavy atom. The van der Waals surface area contributed by atoms with E-state index in [-0.39, 0.29) is 6.03 Å². The summed E-state index contributed by atoms with van der Waals surface area (Å²) >= 11 is 0. The van der Waals surface area contributed by atoms with Crippen LogP contribution in [0.15, 0.2) is 24.7 Å². The molecule has 0 bridgehead atoms. The highest BCUT2D eigenvalue weighted by atomic mass is 16.2. The molecule has 3 atom stereocenters. The first-order chi connectivity index (χ1) is 13.6. The third-order valence-electron chi connectivity index (χ3n) is 6.17. The number of H-pyrrole nitrogens is 2. The van der Waals surface area contributed by atoms with Crippen LogP contribution in [-0.4, -0.2) is 62.3 Å². The predicted molar refractivity (Wildman–Crippen MR) is 106 cm³/mol. The zero-order valence-corrected chi connectivity index (χ0v) is 16.0. The van der Waals surface area contributed by atoms with E-state index in [2.05, 4.69) is 42.4 Å². The van der Waals surface area contributed by atoms with Gasteiger partial charge in [0.05, 0.1) is 5.39 Å². The summed E-state index contributed by atoms with van der Waals surface area (Å²) in [5.41, 5.74) is 1.80. The second kappa shape index (κ2) is 6.50. The molecule has 2 aliphatic rings. The van der Waals surface area contributed by atoms with Crippen LogP contribution in [0.3, 0.4) is 0 Å². The van der Waals surface area contributed by atoms with E-state index in [4.69, 9.17) is 0 Å². The molecule has 9 heteroatoms. The first kappa shape index (κ1) is 17.0. The van der Waals surface area contributed by atoms with Gasteiger partial charge in [0.25, 0.3) is 0 Å². The van der Waals surface area contributed by atoms with Crippen molar-refractivity contribution in [3.05, 3.63) is 30.4 Å². The number of carbonyl (C=O) groups is 1. The quantitative estimate of drug-likeness (QED) is 0.647. The molecular weight excluding hydrogens is 356 g/mol. The summed E-state index contributed by atoms with van der Waals surface area (Å²) in [4.78, 5) is 28.7. The van der Waals surface area contributed by atoms with Crippen molar-refractivity contribution in [1.82, 2.24) is 30.0 Å². The molecule has 4 heterocycles. The van der Waals surface area contributed by atoms with Crippen LogP contribution in [0.4, 0.5) is 16.4 Å². The number of aromatic nitrogens is 5. The normalized spacial score (nSPS) is 23.9. The van der Waals surface area contributed by atoms with Crippen molar-refractivity contribution in [2.45, 2.75) is 25.8 Å². The van der Waals surface area contributed by atoms with Crippen LogP contribution in [0.1, 0.15) is 18.5 Å². The number of nitrogens with one attached hydrogen (secondary N) is 3. The first-order valence-corrected chi connectivity index (χ1v) is 9.67. The Hall–Kier alpha value is -3.10. The summed E-state index contributed by atoms with van der Waals surface area (Å²) in [6.07, 6.45) is 5.66. The van der Waals surface area contributed by atoms with Crippen molar-refractivity contribution in [3.8, 4) is 0 Å². The van der Waals surface area contributed by atoms with Crippen molar-refractivity contribution < 1.29 is 4.79 Å². The van der Waals surface area contributed by atoms with Crippen molar-refractivity contribution >= 4 is 28.7 Å². The molecule has 5 rings (SSSR count). The second-order valence-corrected chi connectivity index (χ2v) is 7.96. The lowest BCUT2D eigenvalue weighted by molar-refractivity contribution is 0.218. The number of nitrogens with zero attached hydrogens (tertiary/aromatic N) is 5. The Bertz CT molecular complexity index is 996. The molecule has 2 fully saturated rings. The highest BCUT2D eigenvalue weighted by Gasteiger charge is 2.44. The summed E-state index contributed by atoms with van der Waals surface area (Å²) in [6, 6.07) is 4.24. The summed E-state index contributed by atoms with van der Waals surface area (Å²) in [5, 5.41) is 10.9. The minimum Gasteiger partial charge on any atom is -0.356 e. The number of amides is 2. The third-order valence-corrected chi connectivity index (χ3v) is 6.17. The number of aromatic amines is 2. The fourth-order valence-corrected chi connectivity index (χ4v) is 4.73. The average molecular weight is 380 g/mol. The molecule has 28 heavy (non-hydrogen) atoms. The van der Waals surface area contributed by atoms with Gasteiger partial charge in [-0.1, -0.05) is 0 Å². The standard InChI is InChI=1S/C19H24N8O/c1-11-5-16(25-24-11)23-19(28)27-8-12-6-14(7-13(12)9-27)26(2)18-15-3-4-20-17(15)21-10-22-18/h3-5,10,12-14H,6-9H2,1-2H3,(H,20,21,22)(H2,23,24,25,28)/t12-,13+,14+. The third kappa shape index (κ3) is 2.87. The molecule has 3 aromatic rings. The zero-order valence-electron chi connectivity index (χ0n) is 16.0. The fourth-order valence-electron chi connectivity index (χ4n) is 4.73. The highest BCUT2D eigenvalue weighted by Crippen LogP contribution is 2.41. The maximum Gasteiger partial charge on any atom is 0.323 e. The van der Waals surface area contributed by atoms with E-state index < -0.39 is 0 Å². The van der Waals surface area contributed by atoms with Gasteiger partial charge in [0.2, 0.25) is 0 Å². The lowest BCUT2D eigenvalue weighted by Crippen LogP contribution is -2.36. The smallest absolute Gasteiger partial charge is 0.323 e. The van der Waals surface area contributed by atoms with Gasteiger partial charge >= 0.3 is 6.03 Å². The van der Waals surface area contributed by atoms with Gasteiger partial charge in [-0.3, -0.25) is 10.4 Å². The summed E-state index contributed by atoms with van der Waals surface area (Å²) in [7, 11) is 2.12. The van der Waals surface area contributed by atoms with Crippen molar-refractivity contribution in [1.29, 1.82) is 0 Å². The van der Waals surface area contributed by atoms with Crippen LogP contribution < -0.4 is 10.2 Å². The van der Waals surface area contributed by atoms with E-state index in [1.54, 1.807) is 6.33 Å². The van der Waals surface area contributed by atoms with Gasteiger partial charge in [0, 0.05) is 44.1 Å². The molecule has 3 aromatic heterocycles. The highest BCUT2D eigenvalue weighted by molar-refractivity contribution is 5.89. The zero-order chi connectivity index (χ0) is 19.3. The Morgan fingerprint density at radius 2 is 2.07 bits per heavy atom. The number of hydrogen-bond acceptors (Lipinski definition) is 5. The molecule has 1 saturated heterocycles. The largest absolute Gasteiger partial charge is 0.356 e. The van der Waals surface area contributed by atoms with Gasteiger partial charge in [-0.2, -0.15) is 5.10 Å². The second-order valence-electron chi connectivity index (χ2n) is 7.96. The molecule has 0 aromatic carbocycles. The van der Waals surface area contributed by atoms with Gasteiger partial charge in [0.15, 0.2) is 5.82 Å². The van der Waals surface area contributed by atoms with Gasteiger partial charge in [0.1, 0.15) is 17.8 Å². The van der Waals surface area contributed by atoms with Crippen molar-refractivity contribution in [2.24, 2.45) is 11.8 Å². The lowest BCUT2D eigenvalue weighted by Gasteiger charge is -2.28. The van der Waals surface area contributed by atoms with E-state index in [0.29, 0.717) is 23.7 Å². The monoisotopic (exact) mass is 380 g/mol. The SMILES string of the molecule is Cc1cc(NC(=O)N2C[C@H]3C[C@H](N(C)c4ncnc5[nH]ccc45)C[C@H]3C2)n[nH]1. The van der Waals surface area contributed by atoms with Gasteiger partial charge < -0.3 is 14.8 Å². The molecule has 9 nitrogen and oxygen atoms in total. The van der Waals surface area contributed by atoms with E-state index >= 15 is 0 Å². The summed E-state index contributed by atoms with van der Waals surface area (Å²) in [6.45, 7) is 3.51. The Labute approximate surface area is 162 Å². The van der Waals surface area contributed by atoms with E-state index in [9.17, 15) is 4.79 Å². The maximum atomic E-state index is 12.5. The van der Waals surface area contributed by atoms with Crippen LogP contribution in [0.25, 0.3) is 11.0 Å². The molecule has 0 unspecified atom stereocenters.